The summed E-state index contributed by atoms with van der Waals surface area (Å²) >= 11 is 3.53. The first-order valence-electron chi connectivity index (χ1n) is 7.61. The molecule has 0 unspecified atom stereocenters. The van der Waals surface area contributed by atoms with E-state index in [1.54, 1.807) is 0 Å². The van der Waals surface area contributed by atoms with Gasteiger partial charge < -0.3 is 4.90 Å². The predicted molar refractivity (Wildman–Crippen MR) is 84.0 cm³/mol. The van der Waals surface area contributed by atoms with Crippen molar-refractivity contribution in [2.24, 2.45) is 0 Å². The zero-order chi connectivity index (χ0) is 14.7. The van der Waals surface area contributed by atoms with Gasteiger partial charge >= 0.3 is 0 Å². The average Bonchev–Trinajstić information content (AvgIpc) is 2.82. The number of hydrogen-bond acceptors (Lipinski definition) is 2. The third kappa shape index (κ3) is 3.08. The van der Waals surface area contributed by atoms with Crippen LogP contribution in [0.4, 0.5) is 0 Å². The minimum atomic E-state index is 0.0504. The van der Waals surface area contributed by atoms with Crippen molar-refractivity contribution < 1.29 is 4.79 Å². The van der Waals surface area contributed by atoms with Gasteiger partial charge in [0.15, 0.2) is 5.69 Å². The Balaban J connectivity index is 2.19. The number of hydrogen-bond donors (Lipinski definition) is 1. The summed E-state index contributed by atoms with van der Waals surface area (Å²) in [5, 5.41) is 7.23. The molecule has 1 N–H and O–H groups in total. The number of carbonyl (C=O) groups excluding carboxylic acids is 1. The molecule has 0 spiro atoms. The molecule has 112 valence electrons. The molecule has 2 rings (SSSR count). The van der Waals surface area contributed by atoms with Crippen LogP contribution in [0.15, 0.2) is 4.47 Å². The van der Waals surface area contributed by atoms with Gasteiger partial charge in [0.2, 0.25) is 0 Å². The van der Waals surface area contributed by atoms with Crippen molar-refractivity contribution in [1.82, 2.24) is 15.1 Å². The van der Waals surface area contributed by atoms with Crippen LogP contribution in [0.2, 0.25) is 0 Å². The molecule has 1 heterocycles. The van der Waals surface area contributed by atoms with Gasteiger partial charge in [-0.2, -0.15) is 5.10 Å². The van der Waals surface area contributed by atoms with E-state index in [-0.39, 0.29) is 5.91 Å². The lowest BCUT2D eigenvalue weighted by Crippen LogP contribution is -2.41. The maximum Gasteiger partial charge on any atom is 0.275 e. The molecule has 0 saturated heterocycles. The molecule has 0 radical (unpaired) electrons. The Morgan fingerprint density at radius 3 is 2.55 bits per heavy atom. The van der Waals surface area contributed by atoms with E-state index < -0.39 is 0 Å². The first-order chi connectivity index (χ1) is 9.56. The normalized spacial score (nSPS) is 16.6. The van der Waals surface area contributed by atoms with Gasteiger partial charge in [-0.05, 0) is 41.6 Å². The molecule has 1 aliphatic rings. The summed E-state index contributed by atoms with van der Waals surface area (Å²) in [5.41, 5.74) is 1.52. The predicted octanol–water partition coefficient (Wildman–Crippen LogP) is 4.09. The van der Waals surface area contributed by atoms with Crippen LogP contribution in [0.3, 0.4) is 0 Å². The number of H-pyrrole nitrogens is 1. The van der Waals surface area contributed by atoms with Gasteiger partial charge in [-0.25, -0.2) is 0 Å². The Morgan fingerprint density at radius 1 is 1.40 bits per heavy atom. The van der Waals surface area contributed by atoms with E-state index in [0.717, 1.165) is 29.6 Å². The zero-order valence-corrected chi connectivity index (χ0v) is 14.2. The minimum absolute atomic E-state index is 0.0504. The number of amides is 1. The number of aromatic amines is 1. The Kier molecular flexibility index (Phi) is 5.24. The number of carbonyl (C=O) groups is 1. The van der Waals surface area contributed by atoms with Crippen LogP contribution < -0.4 is 0 Å². The summed E-state index contributed by atoms with van der Waals surface area (Å²) in [5.74, 6) is 0.373. The summed E-state index contributed by atoms with van der Waals surface area (Å²) in [4.78, 5) is 14.7. The van der Waals surface area contributed by atoms with Gasteiger partial charge in [-0.15, -0.1) is 0 Å². The molecule has 1 saturated carbocycles. The summed E-state index contributed by atoms with van der Waals surface area (Å²) in [6, 6.07) is 0.382. The zero-order valence-electron chi connectivity index (χ0n) is 12.6. The molecule has 1 aliphatic carbocycles. The van der Waals surface area contributed by atoms with E-state index >= 15 is 0 Å². The van der Waals surface area contributed by atoms with E-state index in [1.165, 1.54) is 19.3 Å². The fourth-order valence-corrected chi connectivity index (χ4v) is 3.77. The summed E-state index contributed by atoms with van der Waals surface area (Å²) < 4.78 is 0.826. The van der Waals surface area contributed by atoms with Crippen molar-refractivity contribution in [1.29, 1.82) is 0 Å². The smallest absolute Gasteiger partial charge is 0.275 e. The molecule has 1 fully saturated rings. The Labute approximate surface area is 129 Å². The lowest BCUT2D eigenvalue weighted by molar-refractivity contribution is 0.0641. The molecule has 1 amide bonds. The lowest BCUT2D eigenvalue weighted by atomic mass is 9.94. The van der Waals surface area contributed by atoms with Crippen molar-refractivity contribution in [2.75, 3.05) is 6.54 Å². The van der Waals surface area contributed by atoms with Gasteiger partial charge in [-0.3, -0.25) is 9.89 Å². The molecule has 4 nitrogen and oxygen atoms in total. The Bertz CT molecular complexity index is 464. The van der Waals surface area contributed by atoms with Gasteiger partial charge in [0, 0.05) is 12.6 Å². The third-order valence-corrected chi connectivity index (χ3v) is 4.93. The van der Waals surface area contributed by atoms with E-state index in [1.807, 2.05) is 4.90 Å². The topological polar surface area (TPSA) is 49.0 Å². The van der Waals surface area contributed by atoms with Crippen molar-refractivity contribution in [3.8, 4) is 0 Å². The molecule has 0 aliphatic heterocycles. The average molecular weight is 342 g/mol. The van der Waals surface area contributed by atoms with Crippen molar-refractivity contribution in [2.45, 2.75) is 64.8 Å². The van der Waals surface area contributed by atoms with Crippen LogP contribution in [0.25, 0.3) is 0 Å². The maximum absolute atomic E-state index is 12.7. The number of nitrogens with zero attached hydrogens (tertiary/aromatic N) is 2. The number of rotatable bonds is 4. The molecule has 0 bridgehead atoms. The number of nitrogens with one attached hydrogen (secondary N) is 1. The van der Waals surface area contributed by atoms with Crippen LogP contribution in [0, 0.1) is 0 Å². The molecule has 0 aromatic carbocycles. The summed E-state index contributed by atoms with van der Waals surface area (Å²) in [7, 11) is 0. The minimum Gasteiger partial charge on any atom is -0.335 e. The summed E-state index contributed by atoms with van der Waals surface area (Å²) in [6.45, 7) is 6.98. The van der Waals surface area contributed by atoms with Crippen molar-refractivity contribution >= 4 is 21.8 Å². The van der Waals surface area contributed by atoms with Crippen LogP contribution >= 0.6 is 15.9 Å². The molecular weight excluding hydrogens is 318 g/mol. The standard InChI is InChI=1S/C15H24BrN3O/c1-4-19(11-8-6-5-7-9-11)15(20)14-12(16)13(10(2)3)17-18-14/h10-11H,4-9H2,1-3H3,(H,17,18). The molecule has 0 atom stereocenters. The largest absolute Gasteiger partial charge is 0.335 e. The maximum atomic E-state index is 12.7. The highest BCUT2D eigenvalue weighted by molar-refractivity contribution is 9.10. The second kappa shape index (κ2) is 6.74. The molecular formula is C15H24BrN3O. The number of halogens is 1. The van der Waals surface area contributed by atoms with Crippen LogP contribution in [-0.2, 0) is 0 Å². The van der Waals surface area contributed by atoms with Gasteiger partial charge in [0.25, 0.3) is 5.91 Å². The second-order valence-electron chi connectivity index (χ2n) is 5.84. The Hall–Kier alpha value is -0.840. The van der Waals surface area contributed by atoms with Crippen LogP contribution in [0.1, 0.15) is 75.0 Å². The molecule has 5 heteroatoms. The first-order valence-corrected chi connectivity index (χ1v) is 8.40. The van der Waals surface area contributed by atoms with E-state index in [9.17, 15) is 4.79 Å². The van der Waals surface area contributed by atoms with Crippen LogP contribution in [-0.4, -0.2) is 33.6 Å². The SMILES string of the molecule is CCN(C(=O)c1n[nH]c(C(C)C)c1Br)C1CCCCC1. The fraction of sp³-hybridized carbons (Fsp3) is 0.733. The quantitative estimate of drug-likeness (QED) is 0.896. The van der Waals surface area contributed by atoms with Gasteiger partial charge in [0.05, 0.1) is 10.2 Å². The second-order valence-corrected chi connectivity index (χ2v) is 6.63. The van der Waals surface area contributed by atoms with Gasteiger partial charge in [-0.1, -0.05) is 33.1 Å². The molecule has 20 heavy (non-hydrogen) atoms. The van der Waals surface area contributed by atoms with Crippen molar-refractivity contribution in [3.63, 3.8) is 0 Å². The highest BCUT2D eigenvalue weighted by Crippen LogP contribution is 2.29. The molecule has 1 aromatic rings. The van der Waals surface area contributed by atoms with E-state index in [0.29, 0.717) is 17.7 Å². The lowest BCUT2D eigenvalue weighted by Gasteiger charge is -2.33. The van der Waals surface area contributed by atoms with E-state index in [2.05, 4.69) is 46.9 Å². The van der Waals surface area contributed by atoms with Crippen molar-refractivity contribution in [3.05, 3.63) is 15.9 Å². The Morgan fingerprint density at radius 2 is 2.05 bits per heavy atom. The van der Waals surface area contributed by atoms with E-state index in [4.69, 9.17) is 0 Å². The number of aromatic nitrogens is 2. The van der Waals surface area contributed by atoms with Crippen LogP contribution in [0.5, 0.6) is 0 Å². The summed E-state index contributed by atoms with van der Waals surface area (Å²) in [6.07, 6.45) is 6.00. The molecule has 1 aromatic heterocycles. The monoisotopic (exact) mass is 341 g/mol. The van der Waals surface area contributed by atoms with Gasteiger partial charge in [0.1, 0.15) is 0 Å². The highest BCUT2D eigenvalue weighted by atomic mass is 79.9. The fourth-order valence-electron chi connectivity index (χ4n) is 2.96. The first kappa shape index (κ1) is 15.5. The third-order valence-electron chi connectivity index (χ3n) is 4.13. The highest BCUT2D eigenvalue weighted by Gasteiger charge is 2.28.